The Hall–Kier alpha value is -1.22. The number of hydrogen-bond donors (Lipinski definition) is 1. The highest BCUT2D eigenvalue weighted by atomic mass is 16.1. The summed E-state index contributed by atoms with van der Waals surface area (Å²) in [5, 5.41) is 0. The second-order valence-electron chi connectivity index (χ2n) is 2.78. The molecule has 1 aromatic heterocycles. The Balaban J connectivity index is 0. The first-order chi connectivity index (χ1) is 7.70. The van der Waals surface area contributed by atoms with Crippen LogP contribution in [0.3, 0.4) is 0 Å². The molecule has 1 heterocycles. The van der Waals surface area contributed by atoms with Gasteiger partial charge in [-0.05, 0) is 25.0 Å². The van der Waals surface area contributed by atoms with Crippen LogP contribution in [0.2, 0.25) is 0 Å². The minimum absolute atomic E-state index is 0.0128. The average Bonchev–Trinajstić information content (AvgIpc) is 2.35. The SMILES string of the molecule is CC.CC.CC(=O)C(N)Cc1cccnc1. The lowest BCUT2D eigenvalue weighted by Gasteiger charge is -2.05. The number of nitrogens with zero attached hydrogens (tertiary/aromatic N) is 1. The third-order valence-corrected chi connectivity index (χ3v) is 1.70. The van der Waals surface area contributed by atoms with Gasteiger partial charge < -0.3 is 5.73 Å². The van der Waals surface area contributed by atoms with E-state index in [1.54, 1.807) is 12.4 Å². The van der Waals surface area contributed by atoms with Crippen LogP contribution in [0.5, 0.6) is 0 Å². The van der Waals surface area contributed by atoms with Gasteiger partial charge in [-0.25, -0.2) is 0 Å². The molecule has 1 atom stereocenters. The van der Waals surface area contributed by atoms with Crippen molar-refractivity contribution in [3.63, 3.8) is 0 Å². The number of rotatable bonds is 3. The molecule has 0 saturated carbocycles. The van der Waals surface area contributed by atoms with Crippen LogP contribution in [-0.4, -0.2) is 16.8 Å². The summed E-state index contributed by atoms with van der Waals surface area (Å²) in [6.07, 6.45) is 3.99. The number of hydrogen-bond acceptors (Lipinski definition) is 3. The zero-order valence-corrected chi connectivity index (χ0v) is 11.0. The molecule has 0 aromatic carbocycles. The Bertz CT molecular complexity index is 260. The van der Waals surface area contributed by atoms with Gasteiger partial charge in [0.15, 0.2) is 0 Å². The van der Waals surface area contributed by atoms with Gasteiger partial charge in [0.1, 0.15) is 5.78 Å². The number of carbonyl (C=O) groups excluding carboxylic acids is 1. The fourth-order valence-corrected chi connectivity index (χ4v) is 0.917. The minimum atomic E-state index is -0.394. The number of nitrogens with two attached hydrogens (primary N) is 1. The summed E-state index contributed by atoms with van der Waals surface area (Å²) < 4.78 is 0. The van der Waals surface area contributed by atoms with Gasteiger partial charge in [0.05, 0.1) is 6.04 Å². The van der Waals surface area contributed by atoms with E-state index in [2.05, 4.69) is 4.98 Å². The van der Waals surface area contributed by atoms with Gasteiger partial charge in [0.25, 0.3) is 0 Å². The second-order valence-corrected chi connectivity index (χ2v) is 2.78. The molecular formula is C13H24N2O. The number of ketones is 1. The van der Waals surface area contributed by atoms with Crippen molar-refractivity contribution in [3.8, 4) is 0 Å². The van der Waals surface area contributed by atoms with Crippen molar-refractivity contribution in [2.24, 2.45) is 5.73 Å². The van der Waals surface area contributed by atoms with E-state index in [0.717, 1.165) is 5.56 Å². The molecule has 0 aliphatic heterocycles. The van der Waals surface area contributed by atoms with Gasteiger partial charge in [-0.3, -0.25) is 9.78 Å². The number of Topliss-reactive ketones (excluding diaryl/α,β-unsaturated/α-hetero) is 1. The van der Waals surface area contributed by atoms with Crippen molar-refractivity contribution in [3.05, 3.63) is 30.1 Å². The van der Waals surface area contributed by atoms with Crippen LogP contribution in [0.15, 0.2) is 24.5 Å². The normalized spacial score (nSPS) is 10.1. The van der Waals surface area contributed by atoms with E-state index in [1.165, 1.54) is 6.92 Å². The van der Waals surface area contributed by atoms with E-state index < -0.39 is 6.04 Å². The first-order valence-electron chi connectivity index (χ1n) is 5.85. The number of pyridine rings is 1. The summed E-state index contributed by atoms with van der Waals surface area (Å²) >= 11 is 0. The van der Waals surface area contributed by atoms with E-state index in [0.29, 0.717) is 6.42 Å². The molecule has 0 saturated heterocycles. The predicted molar refractivity (Wildman–Crippen MR) is 69.3 cm³/mol. The average molecular weight is 224 g/mol. The van der Waals surface area contributed by atoms with E-state index in [9.17, 15) is 4.79 Å². The molecule has 1 aromatic rings. The van der Waals surface area contributed by atoms with Gasteiger partial charge in [0.2, 0.25) is 0 Å². The second kappa shape index (κ2) is 11.9. The maximum Gasteiger partial charge on any atom is 0.146 e. The number of aromatic nitrogens is 1. The highest BCUT2D eigenvalue weighted by molar-refractivity contribution is 5.81. The Morgan fingerprint density at radius 2 is 1.94 bits per heavy atom. The molecule has 3 heteroatoms. The fourth-order valence-electron chi connectivity index (χ4n) is 0.917. The standard InChI is InChI=1S/C9H12N2O.2C2H6/c1-7(12)9(10)5-8-3-2-4-11-6-8;2*1-2/h2-4,6,9H,5,10H2,1H3;2*1-2H3. The molecule has 1 unspecified atom stereocenters. The predicted octanol–water partition coefficient (Wildman–Crippen LogP) is 2.59. The van der Waals surface area contributed by atoms with Crippen LogP contribution in [0.25, 0.3) is 0 Å². The summed E-state index contributed by atoms with van der Waals surface area (Å²) in [5.41, 5.74) is 6.57. The molecule has 3 nitrogen and oxygen atoms in total. The molecule has 0 radical (unpaired) electrons. The van der Waals surface area contributed by atoms with Crippen molar-refractivity contribution < 1.29 is 4.79 Å². The molecular weight excluding hydrogens is 200 g/mol. The lowest BCUT2D eigenvalue weighted by Crippen LogP contribution is -2.30. The Morgan fingerprint density at radius 1 is 1.38 bits per heavy atom. The van der Waals surface area contributed by atoms with Crippen molar-refractivity contribution in [2.45, 2.75) is 47.1 Å². The zero-order chi connectivity index (χ0) is 13.0. The van der Waals surface area contributed by atoms with Gasteiger partial charge in [0, 0.05) is 12.4 Å². The fraction of sp³-hybridized carbons (Fsp3) is 0.538. The largest absolute Gasteiger partial charge is 0.321 e. The lowest BCUT2D eigenvalue weighted by atomic mass is 10.1. The lowest BCUT2D eigenvalue weighted by molar-refractivity contribution is -0.118. The van der Waals surface area contributed by atoms with Crippen LogP contribution < -0.4 is 5.73 Å². The summed E-state index contributed by atoms with van der Waals surface area (Å²) in [4.78, 5) is 14.7. The summed E-state index contributed by atoms with van der Waals surface area (Å²) in [6.45, 7) is 9.50. The summed E-state index contributed by atoms with van der Waals surface area (Å²) in [5.74, 6) is 0.0128. The molecule has 0 aliphatic carbocycles. The van der Waals surface area contributed by atoms with Crippen LogP contribution in [0, 0.1) is 0 Å². The molecule has 0 bridgehead atoms. The molecule has 16 heavy (non-hydrogen) atoms. The number of carbonyl (C=O) groups is 1. The van der Waals surface area contributed by atoms with E-state index in [-0.39, 0.29) is 5.78 Å². The molecule has 2 N–H and O–H groups in total. The van der Waals surface area contributed by atoms with Crippen molar-refractivity contribution in [2.75, 3.05) is 0 Å². The maximum absolute atomic E-state index is 10.8. The van der Waals surface area contributed by atoms with Crippen molar-refractivity contribution >= 4 is 5.78 Å². The summed E-state index contributed by atoms with van der Waals surface area (Å²) in [7, 11) is 0. The highest BCUT2D eigenvalue weighted by Gasteiger charge is 2.07. The Kier molecular flexibility index (Phi) is 12.7. The van der Waals surface area contributed by atoms with E-state index in [4.69, 9.17) is 5.73 Å². The maximum atomic E-state index is 10.8. The first kappa shape index (κ1) is 17.2. The van der Waals surface area contributed by atoms with E-state index >= 15 is 0 Å². The van der Waals surface area contributed by atoms with Gasteiger partial charge in [-0.15, -0.1) is 0 Å². The molecule has 0 aliphatic rings. The molecule has 0 spiro atoms. The smallest absolute Gasteiger partial charge is 0.146 e. The Labute approximate surface area is 99.1 Å². The van der Waals surface area contributed by atoms with Gasteiger partial charge >= 0.3 is 0 Å². The van der Waals surface area contributed by atoms with Crippen molar-refractivity contribution in [1.82, 2.24) is 4.98 Å². The van der Waals surface area contributed by atoms with Crippen LogP contribution in [0.4, 0.5) is 0 Å². The van der Waals surface area contributed by atoms with Crippen LogP contribution >= 0.6 is 0 Å². The highest BCUT2D eigenvalue weighted by Crippen LogP contribution is 1.99. The monoisotopic (exact) mass is 224 g/mol. The summed E-state index contributed by atoms with van der Waals surface area (Å²) in [6, 6.07) is 3.35. The third-order valence-electron chi connectivity index (χ3n) is 1.70. The molecule has 0 fully saturated rings. The molecule has 1 rings (SSSR count). The quantitative estimate of drug-likeness (QED) is 0.858. The van der Waals surface area contributed by atoms with Crippen LogP contribution in [0.1, 0.15) is 40.2 Å². The van der Waals surface area contributed by atoms with Gasteiger partial charge in [-0.2, -0.15) is 0 Å². The Morgan fingerprint density at radius 3 is 2.31 bits per heavy atom. The first-order valence-corrected chi connectivity index (χ1v) is 5.85. The van der Waals surface area contributed by atoms with Gasteiger partial charge in [-0.1, -0.05) is 33.8 Å². The topological polar surface area (TPSA) is 56.0 Å². The van der Waals surface area contributed by atoms with Crippen LogP contribution in [-0.2, 0) is 11.2 Å². The van der Waals surface area contributed by atoms with E-state index in [1.807, 2.05) is 39.8 Å². The molecule has 92 valence electrons. The third kappa shape index (κ3) is 8.12. The minimum Gasteiger partial charge on any atom is -0.321 e. The zero-order valence-electron chi connectivity index (χ0n) is 11.0. The molecule has 0 amide bonds. The van der Waals surface area contributed by atoms with Crippen molar-refractivity contribution in [1.29, 1.82) is 0 Å².